The fraction of sp³-hybridized carbons (Fsp3) is 0.462. The third kappa shape index (κ3) is 2.76. The van der Waals surface area contributed by atoms with E-state index in [4.69, 9.17) is 21.1 Å². The zero-order valence-electron chi connectivity index (χ0n) is 10.5. The molecular weight excluding hydrogens is 254 g/mol. The molecule has 0 saturated heterocycles. The van der Waals surface area contributed by atoms with Gasteiger partial charge in [-0.05, 0) is 41.3 Å². The Hall–Kier alpha value is -1.26. The van der Waals surface area contributed by atoms with Crippen molar-refractivity contribution in [3.63, 3.8) is 0 Å². The van der Waals surface area contributed by atoms with Gasteiger partial charge in [-0.25, -0.2) is 0 Å². The number of fused-ring (bicyclic) bond motifs is 1. The lowest BCUT2D eigenvalue weighted by Gasteiger charge is -2.28. The molecule has 0 amide bonds. The van der Waals surface area contributed by atoms with E-state index in [1.54, 1.807) is 14.2 Å². The quantitative estimate of drug-likeness (QED) is 0.782. The molecule has 0 aromatic heterocycles. The van der Waals surface area contributed by atoms with Gasteiger partial charge in [0.05, 0.1) is 20.8 Å². The summed E-state index contributed by atoms with van der Waals surface area (Å²) in [6, 6.07) is 3.98. The second kappa shape index (κ2) is 5.59. The van der Waals surface area contributed by atoms with Crippen molar-refractivity contribution in [2.45, 2.75) is 13.0 Å². The molecule has 0 fully saturated rings. The van der Waals surface area contributed by atoms with Crippen molar-refractivity contribution in [2.75, 3.05) is 27.3 Å². The van der Waals surface area contributed by atoms with Crippen molar-refractivity contribution < 1.29 is 14.3 Å². The Morgan fingerprint density at radius 2 is 1.89 bits per heavy atom. The number of nitrogens with zero attached hydrogens (tertiary/aromatic N) is 1. The Labute approximate surface area is 111 Å². The van der Waals surface area contributed by atoms with Gasteiger partial charge < -0.3 is 9.47 Å². The average Bonchev–Trinajstić information content (AvgIpc) is 2.36. The highest BCUT2D eigenvalue weighted by Crippen LogP contribution is 2.33. The van der Waals surface area contributed by atoms with Gasteiger partial charge in [0.1, 0.15) is 0 Å². The minimum atomic E-state index is -0.320. The number of methoxy groups -OCH3 is 2. The van der Waals surface area contributed by atoms with Crippen LogP contribution in [0.2, 0.25) is 0 Å². The lowest BCUT2D eigenvalue weighted by Crippen LogP contribution is -2.33. The standard InChI is InChI=1S/C13H16ClNO3/c1-17-11-5-9-3-4-15(8-13(14)16)7-10(9)6-12(11)18-2/h5-6H,3-4,7-8H2,1-2H3. The molecular formula is C13H16ClNO3. The second-order valence-corrected chi connectivity index (χ2v) is 4.71. The molecule has 0 atom stereocenters. The van der Waals surface area contributed by atoms with Gasteiger partial charge in [0.25, 0.3) is 0 Å². The smallest absolute Gasteiger partial charge is 0.235 e. The van der Waals surface area contributed by atoms with E-state index in [2.05, 4.69) is 0 Å². The predicted molar refractivity (Wildman–Crippen MR) is 69.4 cm³/mol. The van der Waals surface area contributed by atoms with Gasteiger partial charge in [0.2, 0.25) is 5.24 Å². The molecule has 0 N–H and O–H groups in total. The molecule has 98 valence electrons. The minimum absolute atomic E-state index is 0.287. The first-order valence-corrected chi connectivity index (χ1v) is 6.16. The molecule has 4 nitrogen and oxygen atoms in total. The summed E-state index contributed by atoms with van der Waals surface area (Å²) < 4.78 is 10.6. The van der Waals surface area contributed by atoms with Crippen LogP contribution in [0.4, 0.5) is 0 Å². The molecule has 1 aromatic carbocycles. The van der Waals surface area contributed by atoms with Gasteiger partial charge in [0.15, 0.2) is 11.5 Å². The Morgan fingerprint density at radius 1 is 1.28 bits per heavy atom. The van der Waals surface area contributed by atoms with Crippen LogP contribution in [0.25, 0.3) is 0 Å². The van der Waals surface area contributed by atoms with Crippen molar-refractivity contribution >= 4 is 16.8 Å². The van der Waals surface area contributed by atoms with Gasteiger partial charge in [-0.2, -0.15) is 0 Å². The van der Waals surface area contributed by atoms with Gasteiger partial charge >= 0.3 is 0 Å². The number of hydrogen-bond donors (Lipinski definition) is 0. The highest BCUT2D eigenvalue weighted by molar-refractivity contribution is 6.64. The van der Waals surface area contributed by atoms with Crippen LogP contribution in [0.3, 0.4) is 0 Å². The van der Waals surface area contributed by atoms with Crippen molar-refractivity contribution in [3.05, 3.63) is 23.3 Å². The van der Waals surface area contributed by atoms with Crippen molar-refractivity contribution in [2.24, 2.45) is 0 Å². The van der Waals surface area contributed by atoms with Crippen LogP contribution in [0, 0.1) is 0 Å². The van der Waals surface area contributed by atoms with Crippen LogP contribution in [-0.4, -0.2) is 37.5 Å². The number of hydrogen-bond acceptors (Lipinski definition) is 4. The highest BCUT2D eigenvalue weighted by Gasteiger charge is 2.20. The Bertz CT molecular complexity index is 462. The Morgan fingerprint density at radius 3 is 2.44 bits per heavy atom. The molecule has 1 aliphatic heterocycles. The summed E-state index contributed by atoms with van der Waals surface area (Å²) in [4.78, 5) is 13.0. The molecule has 1 aromatic rings. The summed E-state index contributed by atoms with van der Waals surface area (Å²) in [6.45, 7) is 1.84. The molecule has 0 radical (unpaired) electrons. The lowest BCUT2D eigenvalue weighted by molar-refractivity contribution is -0.112. The number of benzene rings is 1. The molecule has 0 unspecified atom stereocenters. The van der Waals surface area contributed by atoms with Crippen LogP contribution >= 0.6 is 11.6 Å². The molecule has 1 heterocycles. The Balaban J connectivity index is 2.24. The summed E-state index contributed by atoms with van der Waals surface area (Å²) >= 11 is 5.42. The van der Waals surface area contributed by atoms with Crippen molar-refractivity contribution in [1.29, 1.82) is 0 Å². The summed E-state index contributed by atoms with van der Waals surface area (Å²) in [5.74, 6) is 1.47. The first-order chi connectivity index (χ1) is 8.63. The van der Waals surface area contributed by atoms with E-state index < -0.39 is 0 Å². The average molecular weight is 270 g/mol. The van der Waals surface area contributed by atoms with E-state index in [-0.39, 0.29) is 11.8 Å². The zero-order valence-corrected chi connectivity index (χ0v) is 11.3. The second-order valence-electron chi connectivity index (χ2n) is 4.29. The van der Waals surface area contributed by atoms with Crippen LogP contribution in [-0.2, 0) is 17.8 Å². The minimum Gasteiger partial charge on any atom is -0.493 e. The monoisotopic (exact) mass is 269 g/mol. The van der Waals surface area contributed by atoms with Gasteiger partial charge in [-0.3, -0.25) is 9.69 Å². The van der Waals surface area contributed by atoms with Gasteiger partial charge in [0, 0.05) is 13.1 Å². The number of rotatable bonds is 4. The predicted octanol–water partition coefficient (Wildman–Crippen LogP) is 1.83. The fourth-order valence-corrected chi connectivity index (χ4v) is 2.42. The molecule has 0 bridgehead atoms. The normalized spacial score (nSPS) is 15.1. The molecule has 0 spiro atoms. The van der Waals surface area contributed by atoms with E-state index >= 15 is 0 Å². The fourth-order valence-electron chi connectivity index (χ4n) is 2.25. The topological polar surface area (TPSA) is 38.8 Å². The van der Waals surface area contributed by atoms with E-state index in [1.165, 1.54) is 5.56 Å². The zero-order chi connectivity index (χ0) is 13.1. The number of ether oxygens (including phenoxy) is 2. The van der Waals surface area contributed by atoms with E-state index in [9.17, 15) is 4.79 Å². The lowest BCUT2D eigenvalue weighted by atomic mass is 9.99. The highest BCUT2D eigenvalue weighted by atomic mass is 35.5. The summed E-state index contributed by atoms with van der Waals surface area (Å²) in [5.41, 5.74) is 2.41. The molecule has 18 heavy (non-hydrogen) atoms. The van der Waals surface area contributed by atoms with Crippen LogP contribution < -0.4 is 9.47 Å². The SMILES string of the molecule is COc1cc2c(cc1OC)CN(CC(=O)Cl)CC2. The summed E-state index contributed by atoms with van der Waals surface area (Å²) in [6.07, 6.45) is 0.889. The molecule has 0 aliphatic carbocycles. The van der Waals surface area contributed by atoms with E-state index in [0.29, 0.717) is 6.54 Å². The largest absolute Gasteiger partial charge is 0.493 e. The van der Waals surface area contributed by atoms with Crippen LogP contribution in [0.1, 0.15) is 11.1 Å². The maximum Gasteiger partial charge on any atom is 0.235 e. The van der Waals surface area contributed by atoms with Crippen molar-refractivity contribution in [3.8, 4) is 11.5 Å². The molecule has 0 saturated carbocycles. The summed E-state index contributed by atoms with van der Waals surface area (Å²) in [7, 11) is 3.25. The molecule has 1 aliphatic rings. The number of carbonyl (C=O) groups excluding carboxylic acids is 1. The van der Waals surface area contributed by atoms with Crippen LogP contribution in [0.5, 0.6) is 11.5 Å². The first kappa shape index (κ1) is 13.2. The summed E-state index contributed by atoms with van der Waals surface area (Å²) in [5, 5.41) is -0.320. The van der Waals surface area contributed by atoms with Gasteiger partial charge in [-0.15, -0.1) is 0 Å². The van der Waals surface area contributed by atoms with Crippen molar-refractivity contribution in [1.82, 2.24) is 4.90 Å². The molecule has 5 heteroatoms. The maximum atomic E-state index is 10.9. The first-order valence-electron chi connectivity index (χ1n) is 5.78. The third-order valence-corrected chi connectivity index (χ3v) is 3.26. The van der Waals surface area contributed by atoms with E-state index in [1.807, 2.05) is 17.0 Å². The Kier molecular flexibility index (Phi) is 4.09. The third-order valence-electron chi connectivity index (χ3n) is 3.15. The molecule has 2 rings (SSSR count). The van der Waals surface area contributed by atoms with Crippen LogP contribution in [0.15, 0.2) is 12.1 Å². The number of halogens is 1. The number of carbonyl (C=O) groups is 1. The maximum absolute atomic E-state index is 10.9. The van der Waals surface area contributed by atoms with Gasteiger partial charge in [-0.1, -0.05) is 0 Å². The van der Waals surface area contributed by atoms with E-state index in [0.717, 1.165) is 30.0 Å².